The summed E-state index contributed by atoms with van der Waals surface area (Å²) in [4.78, 5) is 0. The van der Waals surface area contributed by atoms with Crippen molar-refractivity contribution in [3.05, 3.63) is 22.7 Å². The van der Waals surface area contributed by atoms with Gasteiger partial charge in [-0.25, -0.2) is 0 Å². The molecule has 2 nitrogen and oxygen atoms in total. The second-order valence-electron chi connectivity index (χ2n) is 7.34. The third-order valence-corrected chi connectivity index (χ3v) is 6.35. The fourth-order valence-corrected chi connectivity index (χ4v) is 5.13. The van der Waals surface area contributed by atoms with Crippen LogP contribution in [0.15, 0.2) is 22.7 Å². The first kappa shape index (κ1) is 14.2. The maximum Gasteiger partial charge on any atom is 0.133 e. The van der Waals surface area contributed by atoms with Crippen LogP contribution in [0.2, 0.25) is 0 Å². The van der Waals surface area contributed by atoms with Crippen LogP contribution in [0.3, 0.4) is 0 Å². The summed E-state index contributed by atoms with van der Waals surface area (Å²) < 4.78 is 6.32. The third-order valence-electron chi connectivity index (χ3n) is 5.73. The Morgan fingerprint density at radius 1 is 1.30 bits per heavy atom. The van der Waals surface area contributed by atoms with Crippen molar-refractivity contribution in [2.24, 2.45) is 16.7 Å². The van der Waals surface area contributed by atoms with E-state index in [4.69, 9.17) is 4.74 Å². The Kier molecular flexibility index (Phi) is 3.32. The van der Waals surface area contributed by atoms with Crippen LogP contribution >= 0.6 is 15.9 Å². The molecular formula is C17H24BrNO. The van der Waals surface area contributed by atoms with Gasteiger partial charge in [0.05, 0.1) is 11.6 Å². The van der Waals surface area contributed by atoms with Crippen LogP contribution in [0.5, 0.6) is 5.75 Å². The van der Waals surface area contributed by atoms with Crippen LogP contribution in [0.4, 0.5) is 5.69 Å². The lowest BCUT2D eigenvalue weighted by Gasteiger charge is -2.43. The molecule has 2 fully saturated rings. The molecule has 3 heteroatoms. The number of hydrogen-bond donors (Lipinski definition) is 1. The molecule has 3 unspecified atom stereocenters. The third kappa shape index (κ3) is 2.05. The van der Waals surface area contributed by atoms with Gasteiger partial charge in [-0.05, 0) is 70.1 Å². The molecule has 110 valence electrons. The number of halogens is 1. The highest BCUT2D eigenvalue weighted by molar-refractivity contribution is 9.10. The van der Waals surface area contributed by atoms with Crippen molar-refractivity contribution in [1.29, 1.82) is 0 Å². The molecule has 2 saturated carbocycles. The number of nitrogens with one attached hydrogen (secondary N) is 1. The molecular weight excluding hydrogens is 314 g/mol. The van der Waals surface area contributed by atoms with E-state index in [0.717, 1.165) is 16.1 Å². The maximum absolute atomic E-state index is 5.31. The topological polar surface area (TPSA) is 21.3 Å². The minimum Gasteiger partial charge on any atom is -0.496 e. The number of rotatable bonds is 3. The minimum absolute atomic E-state index is 0.374. The standard InChI is InChI=1S/C17H24BrNO/c1-16(2)11-7-8-17(3,10-11)15(16)19-12-5-6-14(20-4)13(18)9-12/h5-6,9,11,15,19H,7-8,10H2,1-4H3. The molecule has 20 heavy (non-hydrogen) atoms. The molecule has 0 radical (unpaired) electrons. The van der Waals surface area contributed by atoms with E-state index >= 15 is 0 Å². The summed E-state index contributed by atoms with van der Waals surface area (Å²) in [5.74, 6) is 1.75. The predicted molar refractivity (Wildman–Crippen MR) is 87.3 cm³/mol. The first-order valence-electron chi connectivity index (χ1n) is 7.47. The minimum atomic E-state index is 0.374. The van der Waals surface area contributed by atoms with Gasteiger partial charge in [-0.3, -0.25) is 0 Å². The molecule has 1 aromatic rings. The number of methoxy groups -OCH3 is 1. The molecule has 0 aromatic heterocycles. The van der Waals surface area contributed by atoms with Gasteiger partial charge in [-0.2, -0.15) is 0 Å². The molecule has 3 rings (SSSR count). The lowest BCUT2D eigenvalue weighted by molar-refractivity contribution is 0.155. The van der Waals surface area contributed by atoms with Crippen molar-refractivity contribution < 1.29 is 4.74 Å². The maximum atomic E-state index is 5.31. The van der Waals surface area contributed by atoms with E-state index in [2.05, 4.69) is 54.2 Å². The van der Waals surface area contributed by atoms with Crippen LogP contribution in [-0.4, -0.2) is 13.2 Å². The predicted octanol–water partition coefficient (Wildman–Crippen LogP) is 5.08. The Bertz CT molecular complexity index is 523. The van der Waals surface area contributed by atoms with Crippen molar-refractivity contribution in [3.63, 3.8) is 0 Å². The second kappa shape index (κ2) is 4.66. The van der Waals surface area contributed by atoms with Crippen LogP contribution < -0.4 is 10.1 Å². The Labute approximate surface area is 130 Å². The molecule has 1 N–H and O–H groups in total. The largest absolute Gasteiger partial charge is 0.496 e. The first-order valence-corrected chi connectivity index (χ1v) is 8.26. The summed E-state index contributed by atoms with van der Waals surface area (Å²) in [5, 5.41) is 3.81. The summed E-state index contributed by atoms with van der Waals surface area (Å²) in [5.41, 5.74) is 2.00. The molecule has 0 heterocycles. The summed E-state index contributed by atoms with van der Waals surface area (Å²) in [6, 6.07) is 6.82. The highest BCUT2D eigenvalue weighted by Crippen LogP contribution is 2.63. The Morgan fingerprint density at radius 3 is 2.60 bits per heavy atom. The van der Waals surface area contributed by atoms with Gasteiger partial charge >= 0.3 is 0 Å². The SMILES string of the molecule is COc1ccc(NC2C3(C)CCC(C3)C2(C)C)cc1Br. The molecule has 0 aliphatic heterocycles. The fraction of sp³-hybridized carbons (Fsp3) is 0.647. The van der Waals surface area contributed by atoms with E-state index in [-0.39, 0.29) is 0 Å². The monoisotopic (exact) mass is 337 g/mol. The Balaban J connectivity index is 1.86. The van der Waals surface area contributed by atoms with Crippen molar-refractivity contribution in [2.45, 2.75) is 46.1 Å². The van der Waals surface area contributed by atoms with E-state index in [9.17, 15) is 0 Å². The zero-order valence-electron chi connectivity index (χ0n) is 12.8. The molecule has 1 aromatic carbocycles. The van der Waals surface area contributed by atoms with Crippen molar-refractivity contribution in [3.8, 4) is 5.75 Å². The zero-order chi connectivity index (χ0) is 14.5. The molecule has 2 aliphatic rings. The highest BCUT2D eigenvalue weighted by Gasteiger charge is 2.59. The number of hydrogen-bond acceptors (Lipinski definition) is 2. The molecule has 3 atom stereocenters. The van der Waals surface area contributed by atoms with Crippen LogP contribution in [0, 0.1) is 16.7 Å². The van der Waals surface area contributed by atoms with E-state index in [1.807, 2.05) is 6.07 Å². The number of fused-ring (bicyclic) bond motifs is 2. The first-order chi connectivity index (χ1) is 9.37. The quantitative estimate of drug-likeness (QED) is 0.829. The van der Waals surface area contributed by atoms with Gasteiger partial charge in [0.1, 0.15) is 5.75 Å². The highest BCUT2D eigenvalue weighted by atomic mass is 79.9. The van der Waals surface area contributed by atoms with E-state index in [1.165, 1.54) is 24.9 Å². The van der Waals surface area contributed by atoms with Gasteiger partial charge in [0.2, 0.25) is 0 Å². The average Bonchev–Trinajstić information content (AvgIpc) is 2.86. The van der Waals surface area contributed by atoms with Gasteiger partial charge in [-0.15, -0.1) is 0 Å². The van der Waals surface area contributed by atoms with Gasteiger partial charge in [0.15, 0.2) is 0 Å². The molecule has 0 saturated heterocycles. The van der Waals surface area contributed by atoms with Crippen LogP contribution in [-0.2, 0) is 0 Å². The molecule has 2 aliphatic carbocycles. The lowest BCUT2D eigenvalue weighted by atomic mass is 9.68. The smallest absolute Gasteiger partial charge is 0.133 e. The van der Waals surface area contributed by atoms with E-state index in [1.54, 1.807) is 7.11 Å². The van der Waals surface area contributed by atoms with Gasteiger partial charge in [0, 0.05) is 11.7 Å². The number of anilines is 1. The lowest BCUT2D eigenvalue weighted by Crippen LogP contribution is -2.45. The van der Waals surface area contributed by atoms with Crippen molar-refractivity contribution in [2.75, 3.05) is 12.4 Å². The van der Waals surface area contributed by atoms with Crippen LogP contribution in [0.25, 0.3) is 0 Å². The van der Waals surface area contributed by atoms with E-state index < -0.39 is 0 Å². The second-order valence-corrected chi connectivity index (χ2v) is 8.20. The number of benzene rings is 1. The van der Waals surface area contributed by atoms with Gasteiger partial charge in [0.25, 0.3) is 0 Å². The van der Waals surface area contributed by atoms with Crippen molar-refractivity contribution in [1.82, 2.24) is 0 Å². The Hall–Kier alpha value is -0.700. The summed E-state index contributed by atoms with van der Waals surface area (Å²) in [7, 11) is 1.70. The molecule has 0 amide bonds. The summed E-state index contributed by atoms with van der Waals surface area (Å²) in [6.07, 6.45) is 4.12. The molecule has 0 spiro atoms. The number of ether oxygens (including phenoxy) is 1. The summed E-state index contributed by atoms with van der Waals surface area (Å²) in [6.45, 7) is 7.31. The summed E-state index contributed by atoms with van der Waals surface area (Å²) >= 11 is 3.57. The van der Waals surface area contributed by atoms with Crippen molar-refractivity contribution >= 4 is 21.6 Å². The van der Waals surface area contributed by atoms with Gasteiger partial charge < -0.3 is 10.1 Å². The van der Waals surface area contributed by atoms with Gasteiger partial charge in [-0.1, -0.05) is 20.8 Å². The zero-order valence-corrected chi connectivity index (χ0v) is 14.4. The van der Waals surface area contributed by atoms with E-state index in [0.29, 0.717) is 16.9 Å². The van der Waals surface area contributed by atoms with Crippen LogP contribution in [0.1, 0.15) is 40.0 Å². The Morgan fingerprint density at radius 2 is 2.05 bits per heavy atom. The molecule has 2 bridgehead atoms. The normalized spacial score (nSPS) is 34.2. The average molecular weight is 338 g/mol. The fourth-order valence-electron chi connectivity index (χ4n) is 4.59.